The lowest BCUT2D eigenvalue weighted by Crippen LogP contribution is -2.28. The van der Waals surface area contributed by atoms with Gasteiger partial charge >= 0.3 is 0 Å². The number of rotatable bonds is 5. The minimum absolute atomic E-state index is 0.210. The second-order valence-electron chi connectivity index (χ2n) is 7.83. The van der Waals surface area contributed by atoms with Crippen molar-refractivity contribution in [2.24, 2.45) is 0 Å². The van der Waals surface area contributed by atoms with Crippen LogP contribution in [-0.2, 0) is 11.3 Å². The molecule has 3 heterocycles. The van der Waals surface area contributed by atoms with Gasteiger partial charge in [-0.3, -0.25) is 0 Å². The van der Waals surface area contributed by atoms with Gasteiger partial charge in [-0.25, -0.2) is 19.0 Å². The molecule has 0 bridgehead atoms. The van der Waals surface area contributed by atoms with Crippen LogP contribution in [0.4, 0.5) is 10.3 Å². The Morgan fingerprint density at radius 3 is 2.84 bits per heavy atom. The summed E-state index contributed by atoms with van der Waals surface area (Å²) in [6, 6.07) is 13.4. The Bertz CT molecular complexity index is 1220. The Kier molecular flexibility index (Phi) is 5.30. The Hall–Kier alpha value is -3.39. The lowest BCUT2D eigenvalue weighted by Gasteiger charge is -2.23. The van der Waals surface area contributed by atoms with Crippen LogP contribution < -0.4 is 5.32 Å². The summed E-state index contributed by atoms with van der Waals surface area (Å²) in [7, 11) is 0. The van der Waals surface area contributed by atoms with E-state index in [0.717, 1.165) is 53.9 Å². The molecule has 0 atom stereocenters. The molecule has 158 valence electrons. The highest BCUT2D eigenvalue weighted by atomic mass is 19.1. The summed E-state index contributed by atoms with van der Waals surface area (Å²) < 4.78 is 21.1. The highest BCUT2D eigenvalue weighted by Gasteiger charge is 2.15. The van der Waals surface area contributed by atoms with Gasteiger partial charge in [-0.2, -0.15) is 0 Å². The fourth-order valence-corrected chi connectivity index (χ4v) is 3.77. The van der Waals surface area contributed by atoms with Crippen LogP contribution in [0.5, 0.6) is 0 Å². The molecule has 0 aliphatic carbocycles. The number of hydrogen-bond acceptors (Lipinski definition) is 6. The van der Waals surface area contributed by atoms with Gasteiger partial charge in [0.15, 0.2) is 0 Å². The molecule has 1 fully saturated rings. The third-order valence-electron chi connectivity index (χ3n) is 5.59. The first kappa shape index (κ1) is 19.6. The van der Waals surface area contributed by atoms with Gasteiger partial charge in [0.2, 0.25) is 5.95 Å². The fraction of sp³-hybridized carbons (Fsp3) is 0.304. The zero-order valence-electron chi connectivity index (χ0n) is 17.3. The Morgan fingerprint density at radius 2 is 2.00 bits per heavy atom. The second kappa shape index (κ2) is 8.39. The maximum Gasteiger partial charge on any atom is 0.223 e. The fourth-order valence-electron chi connectivity index (χ4n) is 3.77. The van der Waals surface area contributed by atoms with Crippen molar-refractivity contribution >= 4 is 17.0 Å². The van der Waals surface area contributed by atoms with Crippen LogP contribution in [0.15, 0.2) is 48.7 Å². The molecule has 0 unspecified atom stereocenters. The highest BCUT2D eigenvalue weighted by molar-refractivity contribution is 5.80. The second-order valence-corrected chi connectivity index (χ2v) is 7.83. The largest absolute Gasteiger partial charge is 0.381 e. The van der Waals surface area contributed by atoms with E-state index in [1.165, 1.54) is 0 Å². The van der Waals surface area contributed by atoms with E-state index in [1.807, 2.05) is 30.3 Å². The molecule has 8 heteroatoms. The minimum atomic E-state index is -0.210. The third kappa shape index (κ3) is 4.25. The summed E-state index contributed by atoms with van der Waals surface area (Å²) in [6.07, 6.45) is 3.66. The number of anilines is 1. The van der Waals surface area contributed by atoms with Crippen LogP contribution in [0, 0.1) is 12.7 Å². The molecule has 0 radical (unpaired) electrons. The van der Waals surface area contributed by atoms with Crippen molar-refractivity contribution in [2.75, 3.05) is 18.5 Å². The van der Waals surface area contributed by atoms with Gasteiger partial charge in [0.25, 0.3) is 0 Å². The van der Waals surface area contributed by atoms with Crippen LogP contribution in [0.2, 0.25) is 0 Å². The van der Waals surface area contributed by atoms with E-state index in [0.29, 0.717) is 24.1 Å². The van der Waals surface area contributed by atoms with Gasteiger partial charge in [0.05, 0.1) is 17.8 Å². The van der Waals surface area contributed by atoms with Crippen LogP contribution in [0.25, 0.3) is 22.3 Å². The number of fused-ring (bicyclic) bond motifs is 1. The lowest BCUT2D eigenvalue weighted by molar-refractivity contribution is 0.0903. The zero-order chi connectivity index (χ0) is 21.2. The first-order valence-corrected chi connectivity index (χ1v) is 10.4. The Morgan fingerprint density at radius 1 is 1.13 bits per heavy atom. The summed E-state index contributed by atoms with van der Waals surface area (Å²) >= 11 is 0. The molecule has 5 rings (SSSR count). The maximum absolute atomic E-state index is 13.9. The van der Waals surface area contributed by atoms with Crippen molar-refractivity contribution in [3.05, 3.63) is 65.6 Å². The van der Waals surface area contributed by atoms with E-state index in [4.69, 9.17) is 4.74 Å². The van der Waals surface area contributed by atoms with Gasteiger partial charge < -0.3 is 10.1 Å². The van der Waals surface area contributed by atoms with Crippen molar-refractivity contribution in [3.63, 3.8) is 0 Å². The van der Waals surface area contributed by atoms with Crippen LogP contribution in [0.1, 0.15) is 24.0 Å². The number of aromatic nitrogens is 5. The van der Waals surface area contributed by atoms with Gasteiger partial charge in [-0.1, -0.05) is 23.4 Å². The average Bonchev–Trinajstić information content (AvgIpc) is 3.19. The van der Waals surface area contributed by atoms with E-state index in [2.05, 4.69) is 25.6 Å². The van der Waals surface area contributed by atoms with Gasteiger partial charge in [-0.05, 0) is 55.2 Å². The van der Waals surface area contributed by atoms with Crippen molar-refractivity contribution in [1.82, 2.24) is 25.0 Å². The smallest absolute Gasteiger partial charge is 0.223 e. The first-order chi connectivity index (χ1) is 15.2. The standard InChI is InChI=1S/C23H23FN6O/c1-15-2-3-16(12-19(15)24)14-30-22-5-4-17(13-21(22)28-29-30)20-6-9-25-23(27-20)26-18-7-10-31-11-8-18/h2-6,9,12-13,18H,7-8,10-11,14H2,1H3,(H,25,26,27). The normalized spacial score (nSPS) is 14.8. The molecule has 0 amide bonds. The predicted octanol–water partition coefficient (Wildman–Crippen LogP) is 3.98. The summed E-state index contributed by atoms with van der Waals surface area (Å²) in [4.78, 5) is 9.04. The van der Waals surface area contributed by atoms with Gasteiger partial charge in [-0.15, -0.1) is 5.10 Å². The third-order valence-corrected chi connectivity index (χ3v) is 5.59. The molecule has 0 spiro atoms. The molecule has 2 aromatic carbocycles. The SMILES string of the molecule is Cc1ccc(Cn2nnc3cc(-c4ccnc(NC5CCOCC5)n4)ccc32)cc1F. The molecule has 1 N–H and O–H groups in total. The van der Waals surface area contributed by atoms with Crippen LogP contribution in [-0.4, -0.2) is 44.2 Å². The van der Waals surface area contributed by atoms with E-state index >= 15 is 0 Å². The molecule has 4 aromatic rings. The Balaban J connectivity index is 1.38. The maximum atomic E-state index is 13.9. The zero-order valence-corrected chi connectivity index (χ0v) is 17.3. The van der Waals surface area contributed by atoms with Crippen molar-refractivity contribution in [1.29, 1.82) is 0 Å². The summed E-state index contributed by atoms with van der Waals surface area (Å²) in [5, 5.41) is 12.0. The van der Waals surface area contributed by atoms with Crippen molar-refractivity contribution in [3.8, 4) is 11.3 Å². The summed E-state index contributed by atoms with van der Waals surface area (Å²) in [5.41, 5.74) is 4.90. The molecule has 0 saturated carbocycles. The number of aryl methyl sites for hydroxylation is 1. The topological polar surface area (TPSA) is 77.8 Å². The van der Waals surface area contributed by atoms with Crippen molar-refractivity contribution in [2.45, 2.75) is 32.4 Å². The highest BCUT2D eigenvalue weighted by Crippen LogP contribution is 2.23. The number of benzene rings is 2. The number of nitrogens with zero attached hydrogens (tertiary/aromatic N) is 5. The van der Waals surface area contributed by atoms with E-state index < -0.39 is 0 Å². The molecular weight excluding hydrogens is 395 g/mol. The predicted molar refractivity (Wildman–Crippen MR) is 116 cm³/mol. The lowest BCUT2D eigenvalue weighted by atomic mass is 10.1. The van der Waals surface area contributed by atoms with Crippen LogP contribution in [0.3, 0.4) is 0 Å². The molecule has 2 aromatic heterocycles. The molecule has 1 aliphatic rings. The average molecular weight is 418 g/mol. The van der Waals surface area contributed by atoms with E-state index in [9.17, 15) is 4.39 Å². The monoisotopic (exact) mass is 418 g/mol. The number of ether oxygens (including phenoxy) is 1. The van der Waals surface area contributed by atoms with Crippen molar-refractivity contribution < 1.29 is 9.13 Å². The molecule has 31 heavy (non-hydrogen) atoms. The van der Waals surface area contributed by atoms with Crippen LogP contribution >= 0.6 is 0 Å². The van der Waals surface area contributed by atoms with Gasteiger partial charge in [0.1, 0.15) is 11.3 Å². The van der Waals surface area contributed by atoms with E-state index in [1.54, 1.807) is 29.9 Å². The van der Waals surface area contributed by atoms with E-state index in [-0.39, 0.29) is 5.82 Å². The number of nitrogens with one attached hydrogen (secondary N) is 1. The molecule has 1 saturated heterocycles. The first-order valence-electron chi connectivity index (χ1n) is 10.4. The summed E-state index contributed by atoms with van der Waals surface area (Å²) in [5.74, 6) is 0.410. The number of halogens is 1. The Labute approximate surface area is 179 Å². The number of hydrogen-bond donors (Lipinski definition) is 1. The molecule has 1 aliphatic heterocycles. The summed E-state index contributed by atoms with van der Waals surface area (Å²) in [6.45, 7) is 3.74. The molecule has 7 nitrogen and oxygen atoms in total. The molecular formula is C23H23FN6O. The van der Waals surface area contributed by atoms with Gasteiger partial charge in [0, 0.05) is 31.0 Å². The minimum Gasteiger partial charge on any atom is -0.381 e. The quantitative estimate of drug-likeness (QED) is 0.528.